The summed E-state index contributed by atoms with van der Waals surface area (Å²) in [5, 5.41) is 4.21. The number of ether oxygens (including phenoxy) is 1. The van der Waals surface area contributed by atoms with Crippen LogP contribution in [-0.4, -0.2) is 19.2 Å². The van der Waals surface area contributed by atoms with Crippen LogP contribution >= 0.6 is 11.6 Å². The van der Waals surface area contributed by atoms with Gasteiger partial charge in [-0.1, -0.05) is 23.7 Å². The number of nitrogens with one attached hydrogen (secondary N) is 1. The number of benzene rings is 1. The van der Waals surface area contributed by atoms with Gasteiger partial charge in [-0.15, -0.1) is 0 Å². The van der Waals surface area contributed by atoms with Gasteiger partial charge in [0.1, 0.15) is 5.75 Å². The summed E-state index contributed by atoms with van der Waals surface area (Å²) in [6, 6.07) is 8.46. The van der Waals surface area contributed by atoms with Crippen molar-refractivity contribution < 1.29 is 4.74 Å². The highest BCUT2D eigenvalue weighted by atomic mass is 35.5. The molecule has 0 unspecified atom stereocenters. The summed E-state index contributed by atoms with van der Waals surface area (Å²) < 4.78 is 5.62. The molecule has 17 heavy (non-hydrogen) atoms. The van der Waals surface area contributed by atoms with Crippen molar-refractivity contribution in [1.29, 1.82) is 0 Å². The van der Waals surface area contributed by atoms with E-state index in [1.165, 1.54) is 25.7 Å². The molecule has 0 bridgehead atoms. The van der Waals surface area contributed by atoms with Gasteiger partial charge in [-0.3, -0.25) is 0 Å². The number of rotatable bonds is 8. The van der Waals surface area contributed by atoms with Crippen molar-refractivity contribution in [3.8, 4) is 5.75 Å². The lowest BCUT2D eigenvalue weighted by Crippen LogP contribution is -2.17. The van der Waals surface area contributed by atoms with Crippen LogP contribution < -0.4 is 10.1 Å². The van der Waals surface area contributed by atoms with E-state index in [4.69, 9.17) is 16.3 Å². The predicted molar refractivity (Wildman–Crippen MR) is 71.8 cm³/mol. The van der Waals surface area contributed by atoms with Crippen molar-refractivity contribution in [2.75, 3.05) is 13.2 Å². The standard InChI is InChI=1S/C14H20ClNO/c15-13-6-2-3-7-14(13)17-11-5-1-4-10-16-12-8-9-12/h2-3,6-7,12,16H,1,4-5,8-11H2. The van der Waals surface area contributed by atoms with Gasteiger partial charge in [0, 0.05) is 6.04 Å². The fourth-order valence-electron chi connectivity index (χ4n) is 1.74. The lowest BCUT2D eigenvalue weighted by molar-refractivity contribution is 0.305. The van der Waals surface area contributed by atoms with Crippen molar-refractivity contribution in [3.63, 3.8) is 0 Å². The molecule has 2 nitrogen and oxygen atoms in total. The summed E-state index contributed by atoms with van der Waals surface area (Å²) in [4.78, 5) is 0. The van der Waals surface area contributed by atoms with E-state index in [-0.39, 0.29) is 0 Å². The van der Waals surface area contributed by atoms with Crippen molar-refractivity contribution in [2.45, 2.75) is 38.1 Å². The normalized spacial score (nSPS) is 14.9. The molecular formula is C14H20ClNO. The van der Waals surface area contributed by atoms with E-state index < -0.39 is 0 Å². The van der Waals surface area contributed by atoms with Crippen molar-refractivity contribution in [2.24, 2.45) is 0 Å². The summed E-state index contributed by atoms with van der Waals surface area (Å²) in [5.74, 6) is 0.797. The first-order valence-electron chi connectivity index (χ1n) is 6.47. The first-order valence-corrected chi connectivity index (χ1v) is 6.85. The van der Waals surface area contributed by atoms with E-state index >= 15 is 0 Å². The van der Waals surface area contributed by atoms with Gasteiger partial charge in [-0.2, -0.15) is 0 Å². The molecule has 1 aromatic rings. The van der Waals surface area contributed by atoms with Gasteiger partial charge in [-0.05, 0) is 50.8 Å². The van der Waals surface area contributed by atoms with Crippen LogP contribution in [0.2, 0.25) is 5.02 Å². The van der Waals surface area contributed by atoms with Gasteiger partial charge in [0.05, 0.1) is 11.6 Å². The highest BCUT2D eigenvalue weighted by Gasteiger charge is 2.19. The molecule has 1 fully saturated rings. The van der Waals surface area contributed by atoms with Crippen LogP contribution in [0.3, 0.4) is 0 Å². The second-order valence-corrected chi connectivity index (χ2v) is 4.98. The number of hydrogen-bond acceptors (Lipinski definition) is 2. The van der Waals surface area contributed by atoms with Gasteiger partial charge < -0.3 is 10.1 Å². The molecule has 0 aromatic heterocycles. The first-order chi connectivity index (χ1) is 8.36. The average Bonchev–Trinajstić information content (AvgIpc) is 3.14. The molecule has 1 aliphatic rings. The Morgan fingerprint density at radius 3 is 2.76 bits per heavy atom. The first kappa shape index (κ1) is 12.7. The Bertz CT molecular complexity index is 339. The zero-order valence-corrected chi connectivity index (χ0v) is 10.9. The fourth-order valence-corrected chi connectivity index (χ4v) is 1.93. The van der Waals surface area contributed by atoms with Gasteiger partial charge in [0.15, 0.2) is 0 Å². The van der Waals surface area contributed by atoms with E-state index in [0.717, 1.165) is 31.4 Å². The van der Waals surface area contributed by atoms with Crippen LogP contribution in [0, 0.1) is 0 Å². The van der Waals surface area contributed by atoms with Crippen LogP contribution in [0.5, 0.6) is 5.75 Å². The second-order valence-electron chi connectivity index (χ2n) is 4.57. The molecule has 2 rings (SSSR count). The highest BCUT2D eigenvalue weighted by molar-refractivity contribution is 6.32. The Hall–Kier alpha value is -0.730. The second kappa shape index (κ2) is 6.87. The molecule has 1 saturated carbocycles. The fraction of sp³-hybridized carbons (Fsp3) is 0.571. The zero-order chi connectivity index (χ0) is 11.9. The Labute approximate surface area is 108 Å². The van der Waals surface area contributed by atoms with Gasteiger partial charge in [-0.25, -0.2) is 0 Å². The maximum Gasteiger partial charge on any atom is 0.137 e. The maximum atomic E-state index is 5.99. The van der Waals surface area contributed by atoms with Gasteiger partial charge in [0.2, 0.25) is 0 Å². The molecule has 0 aliphatic heterocycles. The molecule has 0 radical (unpaired) electrons. The van der Waals surface area contributed by atoms with Crippen molar-refractivity contribution >= 4 is 11.6 Å². The van der Waals surface area contributed by atoms with E-state index in [1.807, 2.05) is 24.3 Å². The summed E-state index contributed by atoms with van der Waals surface area (Å²) in [5.41, 5.74) is 0. The molecule has 0 atom stereocenters. The molecule has 0 saturated heterocycles. The highest BCUT2D eigenvalue weighted by Crippen LogP contribution is 2.23. The monoisotopic (exact) mass is 253 g/mol. The predicted octanol–water partition coefficient (Wildman–Crippen LogP) is 3.64. The number of hydrogen-bond donors (Lipinski definition) is 1. The molecule has 94 valence electrons. The lowest BCUT2D eigenvalue weighted by atomic mass is 10.2. The number of unbranched alkanes of at least 4 members (excludes halogenated alkanes) is 2. The third-order valence-corrected chi connectivity index (χ3v) is 3.24. The molecule has 0 amide bonds. The quantitative estimate of drug-likeness (QED) is 0.715. The SMILES string of the molecule is Clc1ccccc1OCCCCCNC1CC1. The molecule has 1 aromatic carbocycles. The van der Waals surface area contributed by atoms with Crippen LogP contribution in [0.25, 0.3) is 0 Å². The number of para-hydroxylation sites is 1. The average molecular weight is 254 g/mol. The molecular weight excluding hydrogens is 234 g/mol. The lowest BCUT2D eigenvalue weighted by Gasteiger charge is -2.07. The Morgan fingerprint density at radius 2 is 2.00 bits per heavy atom. The van der Waals surface area contributed by atoms with Crippen LogP contribution in [0.4, 0.5) is 0 Å². The Balaban J connectivity index is 1.49. The van der Waals surface area contributed by atoms with Crippen LogP contribution in [-0.2, 0) is 0 Å². The molecule has 1 aliphatic carbocycles. The van der Waals surface area contributed by atoms with Crippen molar-refractivity contribution in [1.82, 2.24) is 5.32 Å². The van der Waals surface area contributed by atoms with Gasteiger partial charge in [0.25, 0.3) is 0 Å². The maximum absolute atomic E-state index is 5.99. The van der Waals surface area contributed by atoms with Crippen LogP contribution in [0.15, 0.2) is 24.3 Å². The Morgan fingerprint density at radius 1 is 1.18 bits per heavy atom. The third-order valence-electron chi connectivity index (χ3n) is 2.93. The summed E-state index contributed by atoms with van der Waals surface area (Å²) >= 11 is 5.99. The minimum Gasteiger partial charge on any atom is -0.492 e. The minimum absolute atomic E-state index is 0.697. The molecule has 1 N–H and O–H groups in total. The smallest absolute Gasteiger partial charge is 0.137 e. The zero-order valence-electron chi connectivity index (χ0n) is 10.1. The minimum atomic E-state index is 0.697. The van der Waals surface area contributed by atoms with Crippen molar-refractivity contribution in [3.05, 3.63) is 29.3 Å². The summed E-state index contributed by atoms with van der Waals surface area (Å²) in [7, 11) is 0. The summed E-state index contributed by atoms with van der Waals surface area (Å²) in [6.07, 6.45) is 6.29. The van der Waals surface area contributed by atoms with Crippen LogP contribution in [0.1, 0.15) is 32.1 Å². The summed E-state index contributed by atoms with van der Waals surface area (Å²) in [6.45, 7) is 1.91. The largest absolute Gasteiger partial charge is 0.492 e. The van der Waals surface area contributed by atoms with E-state index in [0.29, 0.717) is 5.02 Å². The number of halogens is 1. The Kier molecular flexibility index (Phi) is 5.14. The van der Waals surface area contributed by atoms with E-state index in [1.54, 1.807) is 0 Å². The van der Waals surface area contributed by atoms with Gasteiger partial charge >= 0.3 is 0 Å². The topological polar surface area (TPSA) is 21.3 Å². The van der Waals surface area contributed by atoms with E-state index in [9.17, 15) is 0 Å². The van der Waals surface area contributed by atoms with E-state index in [2.05, 4.69) is 5.32 Å². The molecule has 0 spiro atoms. The molecule has 0 heterocycles. The molecule has 3 heteroatoms. The third kappa shape index (κ3) is 4.97.